The number of nitrogens with one attached hydrogen (secondary N) is 1. The molecule has 1 amide bonds. The first-order valence-electron chi connectivity index (χ1n) is 7.94. The van der Waals surface area contributed by atoms with E-state index in [1.54, 1.807) is 6.07 Å². The fraction of sp³-hybridized carbons (Fsp3) is 0.222. The summed E-state index contributed by atoms with van der Waals surface area (Å²) >= 11 is 5.96. The maximum absolute atomic E-state index is 13.1. The summed E-state index contributed by atoms with van der Waals surface area (Å²) in [5.41, 5.74) is 1.34. The molecule has 0 aliphatic heterocycles. The Hall–Kier alpha value is -3.01. The molecule has 11 heteroatoms. The summed E-state index contributed by atoms with van der Waals surface area (Å²) in [7, 11) is 1.15. The lowest BCUT2D eigenvalue weighted by Crippen LogP contribution is -2.26. The number of oxime groups is 1. The number of hydrogen-bond acceptors (Lipinski definition) is 5. The molecule has 29 heavy (non-hydrogen) atoms. The molecule has 0 fully saturated rings. The van der Waals surface area contributed by atoms with Crippen molar-refractivity contribution in [2.45, 2.75) is 19.7 Å². The molecule has 0 atom stereocenters. The summed E-state index contributed by atoms with van der Waals surface area (Å²) in [6.07, 6.45) is -5.57. The Labute approximate surface area is 167 Å². The van der Waals surface area contributed by atoms with Crippen LogP contribution in [0.15, 0.2) is 41.6 Å². The van der Waals surface area contributed by atoms with Gasteiger partial charge in [-0.1, -0.05) is 28.9 Å². The number of ether oxygens (including phenoxy) is 1. The Kier molecular flexibility index (Phi) is 7.27. The van der Waals surface area contributed by atoms with Gasteiger partial charge in [0.05, 0.1) is 23.4 Å². The Balaban J connectivity index is 2.12. The number of carbonyl (C=O) groups is 1. The van der Waals surface area contributed by atoms with Gasteiger partial charge >= 0.3 is 12.3 Å². The summed E-state index contributed by atoms with van der Waals surface area (Å²) in [5.74, 6) is -0.919. The van der Waals surface area contributed by atoms with Crippen molar-refractivity contribution in [3.05, 3.63) is 63.9 Å². The molecule has 6 nitrogen and oxygen atoms in total. The van der Waals surface area contributed by atoms with E-state index >= 15 is 0 Å². The molecule has 0 unspecified atom stereocenters. The van der Waals surface area contributed by atoms with E-state index < -0.39 is 30.3 Å². The van der Waals surface area contributed by atoms with Gasteiger partial charge < -0.3 is 14.4 Å². The van der Waals surface area contributed by atoms with Crippen LogP contribution in [-0.4, -0.2) is 18.9 Å². The minimum atomic E-state index is -4.73. The van der Waals surface area contributed by atoms with Gasteiger partial charge in [-0.2, -0.15) is 18.7 Å². The number of rotatable bonds is 6. The van der Waals surface area contributed by atoms with Crippen LogP contribution < -0.4 is 10.3 Å². The molecule has 0 saturated heterocycles. The van der Waals surface area contributed by atoms with Crippen molar-refractivity contribution in [2.75, 3.05) is 7.11 Å². The Bertz CT molecular complexity index is 919. The minimum Gasteiger partial charge on any atom is -0.451 e. The predicted octanol–water partition coefficient (Wildman–Crippen LogP) is 5.09. The molecule has 2 aromatic carbocycles. The Morgan fingerprint density at radius 3 is 2.59 bits per heavy atom. The number of amides is 1. The van der Waals surface area contributed by atoms with E-state index in [2.05, 4.69) is 9.89 Å². The maximum Gasteiger partial charge on any atom is 0.440 e. The van der Waals surface area contributed by atoms with E-state index in [1.807, 2.05) is 5.48 Å². The van der Waals surface area contributed by atoms with Crippen molar-refractivity contribution in [1.29, 1.82) is 0 Å². The summed E-state index contributed by atoms with van der Waals surface area (Å²) in [6.45, 7) is 1.02. The van der Waals surface area contributed by atoms with Crippen LogP contribution in [0.2, 0.25) is 5.02 Å². The second-order valence-corrected chi connectivity index (χ2v) is 6.00. The van der Waals surface area contributed by atoms with Gasteiger partial charge in [0.15, 0.2) is 5.75 Å². The molecule has 0 aliphatic carbocycles. The average molecular weight is 435 g/mol. The number of alkyl halides is 3. The highest BCUT2D eigenvalue weighted by atomic mass is 35.5. The summed E-state index contributed by atoms with van der Waals surface area (Å²) in [6, 6.07) is 6.74. The first-order valence-corrected chi connectivity index (χ1v) is 8.32. The molecule has 0 bridgehead atoms. The molecular formula is C18H15ClF4N2O4. The molecule has 0 saturated carbocycles. The number of nitrogens with zero attached hydrogens (tertiary/aromatic N) is 1. The average Bonchev–Trinajstić information content (AvgIpc) is 2.67. The summed E-state index contributed by atoms with van der Waals surface area (Å²) < 4.78 is 56.5. The van der Waals surface area contributed by atoms with Crippen molar-refractivity contribution in [3.8, 4) is 5.75 Å². The van der Waals surface area contributed by atoms with Gasteiger partial charge in [-0.15, -0.1) is 0 Å². The van der Waals surface area contributed by atoms with E-state index in [9.17, 15) is 22.4 Å². The van der Waals surface area contributed by atoms with Crippen molar-refractivity contribution in [3.63, 3.8) is 0 Å². The van der Waals surface area contributed by atoms with Crippen LogP contribution in [0.25, 0.3) is 0 Å². The first-order chi connectivity index (χ1) is 13.6. The third-order valence-electron chi connectivity index (χ3n) is 3.58. The molecule has 0 aliphatic rings. The van der Waals surface area contributed by atoms with Crippen molar-refractivity contribution < 1.29 is 36.8 Å². The lowest BCUT2D eigenvalue weighted by atomic mass is 10.1. The zero-order chi connectivity index (χ0) is 21.6. The van der Waals surface area contributed by atoms with E-state index in [0.29, 0.717) is 17.3 Å². The van der Waals surface area contributed by atoms with E-state index in [1.165, 1.54) is 19.1 Å². The highest BCUT2D eigenvalue weighted by Crippen LogP contribution is 2.33. The largest absolute Gasteiger partial charge is 0.451 e. The van der Waals surface area contributed by atoms with E-state index in [4.69, 9.17) is 21.3 Å². The fourth-order valence-corrected chi connectivity index (χ4v) is 2.29. The molecule has 0 heterocycles. The van der Waals surface area contributed by atoms with Gasteiger partial charge in [-0.25, -0.2) is 9.18 Å². The van der Waals surface area contributed by atoms with Gasteiger partial charge in [0.1, 0.15) is 12.4 Å². The van der Waals surface area contributed by atoms with Crippen LogP contribution in [0.4, 0.5) is 22.4 Å². The highest BCUT2D eigenvalue weighted by Gasteiger charge is 2.33. The highest BCUT2D eigenvalue weighted by molar-refractivity contribution is 6.32. The van der Waals surface area contributed by atoms with Crippen LogP contribution >= 0.6 is 11.6 Å². The van der Waals surface area contributed by atoms with Gasteiger partial charge in [-0.3, -0.25) is 0 Å². The standard InChI is InChI=1S/C18H15ClF4N2O4/c1-10(11-4-6-15(19)16(7-11)29-25-17(26)27-2)24-28-9-12-3-5-13(20)8-14(12)18(21,22)23/h3-8H,9H2,1-2H3,(H,25,26)/b24-10+. The smallest absolute Gasteiger partial charge is 0.440 e. The number of hydroxylamine groups is 1. The first kappa shape index (κ1) is 22.3. The number of halogens is 5. The number of benzene rings is 2. The van der Waals surface area contributed by atoms with Crippen molar-refractivity contribution in [2.24, 2.45) is 5.16 Å². The maximum atomic E-state index is 13.1. The minimum absolute atomic E-state index is 0.0852. The van der Waals surface area contributed by atoms with E-state index in [-0.39, 0.29) is 16.3 Å². The van der Waals surface area contributed by atoms with Gasteiger partial charge in [-0.05, 0) is 31.2 Å². The normalized spacial score (nSPS) is 11.8. The van der Waals surface area contributed by atoms with Gasteiger partial charge in [0.25, 0.3) is 0 Å². The molecule has 156 valence electrons. The van der Waals surface area contributed by atoms with Crippen LogP contribution in [0, 0.1) is 5.82 Å². The molecule has 2 aromatic rings. The third kappa shape index (κ3) is 6.24. The van der Waals surface area contributed by atoms with Crippen molar-refractivity contribution in [1.82, 2.24) is 5.48 Å². The zero-order valence-corrected chi connectivity index (χ0v) is 15.9. The molecule has 0 radical (unpaired) electrons. The summed E-state index contributed by atoms with van der Waals surface area (Å²) in [4.78, 5) is 21.1. The van der Waals surface area contributed by atoms with Crippen LogP contribution in [-0.2, 0) is 22.4 Å². The molecule has 1 N–H and O–H groups in total. The quantitative estimate of drug-likeness (QED) is 0.390. The monoisotopic (exact) mass is 434 g/mol. The molecule has 0 aromatic heterocycles. The molecule has 0 spiro atoms. The summed E-state index contributed by atoms with van der Waals surface area (Å²) in [5, 5.41) is 3.94. The van der Waals surface area contributed by atoms with Crippen LogP contribution in [0.1, 0.15) is 23.6 Å². The lowest BCUT2D eigenvalue weighted by Gasteiger charge is -2.12. The predicted molar refractivity (Wildman–Crippen MR) is 96.0 cm³/mol. The topological polar surface area (TPSA) is 69.2 Å². The number of hydrogen-bond donors (Lipinski definition) is 1. The van der Waals surface area contributed by atoms with Gasteiger partial charge in [0.2, 0.25) is 0 Å². The van der Waals surface area contributed by atoms with Gasteiger partial charge in [0, 0.05) is 11.1 Å². The number of methoxy groups -OCH3 is 1. The Morgan fingerprint density at radius 1 is 1.21 bits per heavy atom. The SMILES string of the molecule is COC(=O)NOc1cc(/C(C)=N/OCc2ccc(F)cc2C(F)(F)F)ccc1Cl. The van der Waals surface area contributed by atoms with Crippen LogP contribution in [0.5, 0.6) is 5.75 Å². The van der Waals surface area contributed by atoms with Crippen LogP contribution in [0.3, 0.4) is 0 Å². The third-order valence-corrected chi connectivity index (χ3v) is 3.89. The second-order valence-electron chi connectivity index (χ2n) is 5.59. The molecular weight excluding hydrogens is 420 g/mol. The Morgan fingerprint density at radius 2 is 1.93 bits per heavy atom. The fourth-order valence-electron chi connectivity index (χ4n) is 2.13. The van der Waals surface area contributed by atoms with Crippen molar-refractivity contribution >= 4 is 23.4 Å². The van der Waals surface area contributed by atoms with E-state index in [0.717, 1.165) is 19.2 Å². The lowest BCUT2D eigenvalue weighted by molar-refractivity contribution is -0.139. The second kappa shape index (κ2) is 9.46. The number of carbonyl (C=O) groups excluding carboxylic acids is 1. The molecule has 2 rings (SSSR count). The zero-order valence-electron chi connectivity index (χ0n) is 15.1.